The van der Waals surface area contributed by atoms with Crippen LogP contribution in [0.2, 0.25) is 0 Å². The molecular weight excluding hydrogens is 326 g/mol. The smallest absolute Gasteiger partial charge is 0.306 e. The highest BCUT2D eigenvalue weighted by molar-refractivity contribution is 5.79. The van der Waals surface area contributed by atoms with Crippen molar-refractivity contribution >= 4 is 11.9 Å². The molecule has 2 aromatic carbocycles. The van der Waals surface area contributed by atoms with E-state index in [2.05, 4.69) is 48.6 Å². The first-order chi connectivity index (χ1) is 12.5. The van der Waals surface area contributed by atoms with Crippen molar-refractivity contribution < 1.29 is 14.7 Å². The van der Waals surface area contributed by atoms with Crippen LogP contribution in [0.4, 0.5) is 0 Å². The van der Waals surface area contributed by atoms with Gasteiger partial charge in [0.2, 0.25) is 5.91 Å². The average molecular weight is 351 g/mol. The summed E-state index contributed by atoms with van der Waals surface area (Å²) in [5.41, 5.74) is 4.65. The van der Waals surface area contributed by atoms with Crippen molar-refractivity contribution in [2.45, 2.75) is 39.2 Å². The summed E-state index contributed by atoms with van der Waals surface area (Å²) < 4.78 is 0. The molecule has 0 bridgehead atoms. The molecule has 0 aliphatic heterocycles. The molecule has 0 radical (unpaired) electrons. The zero-order valence-electron chi connectivity index (χ0n) is 15.1. The first kappa shape index (κ1) is 18.2. The number of amides is 1. The third-order valence-corrected chi connectivity index (χ3v) is 5.22. The van der Waals surface area contributed by atoms with E-state index in [1.165, 1.54) is 11.1 Å². The van der Waals surface area contributed by atoms with E-state index < -0.39 is 5.97 Å². The lowest BCUT2D eigenvalue weighted by molar-refractivity contribution is -0.144. The summed E-state index contributed by atoms with van der Waals surface area (Å²) in [5.74, 6) is -1.04. The van der Waals surface area contributed by atoms with E-state index in [-0.39, 0.29) is 17.7 Å². The number of carboxylic acid groups (broad SMARTS) is 1. The molecule has 0 saturated heterocycles. The minimum atomic E-state index is -0.738. The fourth-order valence-corrected chi connectivity index (χ4v) is 3.58. The molecule has 0 aromatic heterocycles. The summed E-state index contributed by atoms with van der Waals surface area (Å²) in [6.45, 7) is 2.59. The van der Waals surface area contributed by atoms with Gasteiger partial charge in [-0.15, -0.1) is 0 Å². The quantitative estimate of drug-likeness (QED) is 0.850. The zero-order chi connectivity index (χ0) is 18.5. The van der Waals surface area contributed by atoms with Gasteiger partial charge in [0.1, 0.15) is 0 Å². The van der Waals surface area contributed by atoms with Crippen LogP contribution < -0.4 is 5.32 Å². The van der Waals surface area contributed by atoms with Crippen LogP contribution in [0.15, 0.2) is 48.5 Å². The fraction of sp³-hybridized carbons (Fsp3) is 0.364. The topological polar surface area (TPSA) is 66.4 Å². The van der Waals surface area contributed by atoms with E-state index in [9.17, 15) is 9.59 Å². The minimum Gasteiger partial charge on any atom is -0.481 e. The Kier molecular flexibility index (Phi) is 5.71. The van der Waals surface area contributed by atoms with Crippen molar-refractivity contribution in [1.29, 1.82) is 0 Å². The van der Waals surface area contributed by atoms with Crippen LogP contribution in [0.5, 0.6) is 0 Å². The molecule has 2 aromatic rings. The van der Waals surface area contributed by atoms with Crippen molar-refractivity contribution in [3.63, 3.8) is 0 Å². The normalized spacial score (nSPS) is 19.7. The highest BCUT2D eigenvalue weighted by Crippen LogP contribution is 2.29. The van der Waals surface area contributed by atoms with Gasteiger partial charge in [-0.05, 0) is 49.3 Å². The van der Waals surface area contributed by atoms with Gasteiger partial charge in [0.25, 0.3) is 0 Å². The Morgan fingerprint density at radius 3 is 2.23 bits per heavy atom. The number of carbonyl (C=O) groups excluding carboxylic acids is 1. The van der Waals surface area contributed by atoms with E-state index in [0.29, 0.717) is 32.2 Å². The molecule has 1 saturated carbocycles. The molecule has 0 atom stereocenters. The SMILES string of the molecule is Cc1cccc(-c2ccc(CNC(=O)C3CCC(C(=O)O)CC3)cc2)c1. The number of benzene rings is 2. The van der Waals surface area contributed by atoms with E-state index in [1.807, 2.05) is 12.1 Å². The van der Waals surface area contributed by atoms with Gasteiger partial charge >= 0.3 is 5.97 Å². The van der Waals surface area contributed by atoms with Crippen molar-refractivity contribution in [2.75, 3.05) is 0 Å². The lowest BCUT2D eigenvalue weighted by Crippen LogP contribution is -2.34. The predicted molar refractivity (Wildman–Crippen MR) is 102 cm³/mol. The van der Waals surface area contributed by atoms with Gasteiger partial charge in [0.05, 0.1) is 5.92 Å². The summed E-state index contributed by atoms with van der Waals surface area (Å²) in [5, 5.41) is 12.0. The third-order valence-electron chi connectivity index (χ3n) is 5.22. The van der Waals surface area contributed by atoms with Gasteiger partial charge in [-0.3, -0.25) is 9.59 Å². The standard InChI is InChI=1S/C22H25NO3/c1-15-3-2-4-20(13-15)17-7-5-16(6-8-17)14-23-21(24)18-9-11-19(12-10-18)22(25)26/h2-8,13,18-19H,9-12,14H2,1H3,(H,23,24)(H,25,26). The molecule has 26 heavy (non-hydrogen) atoms. The number of nitrogens with one attached hydrogen (secondary N) is 1. The summed E-state index contributed by atoms with van der Waals surface area (Å²) in [6, 6.07) is 16.6. The second-order valence-corrected chi connectivity index (χ2v) is 7.17. The summed E-state index contributed by atoms with van der Waals surface area (Å²) in [6.07, 6.45) is 2.52. The third kappa shape index (κ3) is 4.51. The molecule has 2 N–H and O–H groups in total. The number of hydrogen-bond acceptors (Lipinski definition) is 2. The Balaban J connectivity index is 1.52. The van der Waals surface area contributed by atoms with Crippen LogP contribution in [-0.2, 0) is 16.1 Å². The predicted octanol–water partition coefficient (Wildman–Crippen LogP) is 4.17. The van der Waals surface area contributed by atoms with Gasteiger partial charge < -0.3 is 10.4 Å². The Labute approximate surface area is 154 Å². The molecule has 136 valence electrons. The Morgan fingerprint density at radius 1 is 0.962 bits per heavy atom. The molecule has 1 amide bonds. The number of hydrogen-bond donors (Lipinski definition) is 2. The van der Waals surface area contributed by atoms with Crippen LogP contribution in [0, 0.1) is 18.8 Å². The van der Waals surface area contributed by atoms with Gasteiger partial charge in [-0.25, -0.2) is 0 Å². The molecule has 1 aliphatic carbocycles. The molecule has 0 spiro atoms. The van der Waals surface area contributed by atoms with Crippen molar-refractivity contribution in [2.24, 2.45) is 11.8 Å². The largest absolute Gasteiger partial charge is 0.481 e. The van der Waals surface area contributed by atoms with Gasteiger partial charge in [-0.2, -0.15) is 0 Å². The Morgan fingerprint density at radius 2 is 1.62 bits per heavy atom. The average Bonchev–Trinajstić information content (AvgIpc) is 2.66. The molecule has 4 heteroatoms. The second kappa shape index (κ2) is 8.17. The summed E-state index contributed by atoms with van der Waals surface area (Å²) >= 11 is 0. The first-order valence-electron chi connectivity index (χ1n) is 9.19. The zero-order valence-corrected chi connectivity index (χ0v) is 15.1. The maximum Gasteiger partial charge on any atom is 0.306 e. The first-order valence-corrected chi connectivity index (χ1v) is 9.19. The number of aryl methyl sites for hydroxylation is 1. The minimum absolute atomic E-state index is 0.0385. The number of carboxylic acids is 1. The molecular formula is C22H25NO3. The van der Waals surface area contributed by atoms with Crippen LogP contribution >= 0.6 is 0 Å². The van der Waals surface area contributed by atoms with E-state index in [0.717, 1.165) is 11.1 Å². The van der Waals surface area contributed by atoms with Crippen LogP contribution in [0.3, 0.4) is 0 Å². The monoisotopic (exact) mass is 351 g/mol. The fourth-order valence-electron chi connectivity index (χ4n) is 3.58. The number of aliphatic carboxylic acids is 1. The Hall–Kier alpha value is -2.62. The van der Waals surface area contributed by atoms with Crippen LogP contribution in [0.25, 0.3) is 11.1 Å². The van der Waals surface area contributed by atoms with E-state index in [4.69, 9.17) is 5.11 Å². The molecule has 0 heterocycles. The summed E-state index contributed by atoms with van der Waals surface area (Å²) in [4.78, 5) is 23.3. The second-order valence-electron chi connectivity index (χ2n) is 7.17. The van der Waals surface area contributed by atoms with Crippen molar-refractivity contribution in [1.82, 2.24) is 5.32 Å². The highest BCUT2D eigenvalue weighted by atomic mass is 16.4. The molecule has 4 nitrogen and oxygen atoms in total. The van der Waals surface area contributed by atoms with Gasteiger partial charge in [0, 0.05) is 12.5 Å². The van der Waals surface area contributed by atoms with Crippen LogP contribution in [-0.4, -0.2) is 17.0 Å². The van der Waals surface area contributed by atoms with E-state index in [1.54, 1.807) is 0 Å². The van der Waals surface area contributed by atoms with Gasteiger partial charge in [-0.1, -0.05) is 54.1 Å². The van der Waals surface area contributed by atoms with Crippen LogP contribution in [0.1, 0.15) is 36.8 Å². The highest BCUT2D eigenvalue weighted by Gasteiger charge is 2.29. The lowest BCUT2D eigenvalue weighted by atomic mass is 9.81. The molecule has 1 fully saturated rings. The van der Waals surface area contributed by atoms with Gasteiger partial charge in [0.15, 0.2) is 0 Å². The Bertz CT molecular complexity index is 774. The maximum absolute atomic E-state index is 12.3. The van der Waals surface area contributed by atoms with Crippen molar-refractivity contribution in [3.05, 3.63) is 59.7 Å². The lowest BCUT2D eigenvalue weighted by Gasteiger charge is -2.25. The molecule has 0 unspecified atom stereocenters. The molecule has 3 rings (SSSR count). The summed E-state index contributed by atoms with van der Waals surface area (Å²) in [7, 11) is 0. The maximum atomic E-state index is 12.3. The number of carbonyl (C=O) groups is 2. The molecule has 1 aliphatic rings. The number of rotatable bonds is 5. The van der Waals surface area contributed by atoms with E-state index >= 15 is 0 Å². The van der Waals surface area contributed by atoms with Crippen molar-refractivity contribution in [3.8, 4) is 11.1 Å².